The Kier molecular flexibility index (Phi) is 7.21. The van der Waals surface area contributed by atoms with Crippen LogP contribution in [0.2, 0.25) is 0 Å². The predicted octanol–water partition coefficient (Wildman–Crippen LogP) is 3.44. The largest absolute Gasteiger partial charge is 0.447 e. The second-order valence-corrected chi connectivity index (χ2v) is 10.2. The van der Waals surface area contributed by atoms with Crippen molar-refractivity contribution in [1.82, 2.24) is 24.8 Å². The highest BCUT2D eigenvalue weighted by Crippen LogP contribution is 2.43. The zero-order chi connectivity index (χ0) is 26.3. The van der Waals surface area contributed by atoms with E-state index < -0.39 is 29.2 Å². The second kappa shape index (κ2) is 9.90. The van der Waals surface area contributed by atoms with Gasteiger partial charge >= 0.3 is 5.51 Å². The number of fused-ring (bicyclic) bond motifs is 1. The molecule has 36 heavy (non-hydrogen) atoms. The molecule has 0 aromatic carbocycles. The third-order valence-electron chi connectivity index (χ3n) is 5.73. The number of nitrogens with one attached hydrogen (secondary N) is 2. The van der Waals surface area contributed by atoms with Gasteiger partial charge in [0.1, 0.15) is 11.8 Å². The van der Waals surface area contributed by atoms with Gasteiger partial charge in [-0.2, -0.15) is 18.2 Å². The van der Waals surface area contributed by atoms with Crippen molar-refractivity contribution in [1.29, 1.82) is 0 Å². The lowest BCUT2D eigenvalue weighted by atomic mass is 10.0. The number of anilines is 1. The zero-order valence-corrected chi connectivity index (χ0v) is 20.6. The average Bonchev–Trinajstić information content (AvgIpc) is 3.37. The lowest BCUT2D eigenvalue weighted by molar-refractivity contribution is -0.136. The molecule has 0 spiro atoms. The van der Waals surface area contributed by atoms with E-state index in [9.17, 15) is 27.5 Å². The average molecular weight is 531 g/mol. The molecule has 1 aliphatic heterocycles. The molecule has 4 rings (SSSR count). The first kappa shape index (κ1) is 26.2. The van der Waals surface area contributed by atoms with Crippen LogP contribution in [0.1, 0.15) is 26.2 Å². The van der Waals surface area contributed by atoms with Crippen molar-refractivity contribution < 1.29 is 32.0 Å². The monoisotopic (exact) mass is 530 g/mol. The zero-order valence-electron chi connectivity index (χ0n) is 19.8. The van der Waals surface area contributed by atoms with E-state index in [0.29, 0.717) is 24.2 Å². The van der Waals surface area contributed by atoms with E-state index in [0.717, 1.165) is 0 Å². The number of thioether (sulfide) groups is 1. The van der Waals surface area contributed by atoms with Crippen LogP contribution < -0.4 is 10.6 Å². The molecule has 2 atom stereocenters. The Morgan fingerprint density at radius 3 is 2.78 bits per heavy atom. The molecule has 1 aliphatic rings. The number of amides is 1. The number of rotatable bonds is 7. The highest BCUT2D eigenvalue weighted by molar-refractivity contribution is 8.00. The van der Waals surface area contributed by atoms with Gasteiger partial charge in [-0.15, -0.1) is 0 Å². The number of pyridine rings is 1. The number of aliphatic hydroxyl groups is 1. The summed E-state index contributed by atoms with van der Waals surface area (Å²) in [5.41, 5.74) is -5.29. The fourth-order valence-corrected chi connectivity index (χ4v) is 4.63. The van der Waals surface area contributed by atoms with E-state index in [4.69, 9.17) is 4.52 Å². The van der Waals surface area contributed by atoms with Gasteiger partial charge in [0, 0.05) is 31.0 Å². The summed E-state index contributed by atoms with van der Waals surface area (Å²) in [6, 6.07) is 4.26. The van der Waals surface area contributed by atoms with Crippen LogP contribution in [0, 0.1) is 0 Å². The number of nitrogens with zero attached hydrogens (tertiary/aromatic N) is 4. The Bertz CT molecular complexity index is 1240. The molecule has 1 amide bonds. The minimum Gasteiger partial charge on any atom is -0.381 e. The molecule has 3 N–H and O–H groups in total. The van der Waals surface area contributed by atoms with Crippen molar-refractivity contribution in [2.45, 2.75) is 55.2 Å². The molecule has 0 saturated carbocycles. The van der Waals surface area contributed by atoms with Crippen LogP contribution in [0.4, 0.5) is 23.2 Å². The number of hydrogen-bond donors (Lipinski definition) is 3. The van der Waals surface area contributed by atoms with Gasteiger partial charge in [0.2, 0.25) is 11.7 Å². The van der Waals surface area contributed by atoms with Gasteiger partial charge in [0.15, 0.2) is 0 Å². The normalized spacial score (nSPS) is 19.6. The van der Waals surface area contributed by atoms with Gasteiger partial charge in [0.25, 0.3) is 5.91 Å². The fraction of sp³-hybridized carbons (Fsp3) is 0.500. The number of likely N-dealkylation sites (tertiary alicyclic amines) is 1. The minimum absolute atomic E-state index is 0.0502. The molecule has 0 radical (unpaired) electrons. The molecule has 1 fully saturated rings. The topological polar surface area (TPSA) is 108 Å². The summed E-state index contributed by atoms with van der Waals surface area (Å²) in [6.07, 6.45) is 0.881. The predicted molar refractivity (Wildman–Crippen MR) is 125 cm³/mol. The Labute approximate surface area is 208 Å². The summed E-state index contributed by atoms with van der Waals surface area (Å²) in [4.78, 5) is 17.9. The number of carbonyl (C=O) groups excluding carboxylic acids is 1. The lowest BCUT2D eigenvalue weighted by Crippen LogP contribution is -2.46. The lowest BCUT2D eigenvalue weighted by Gasteiger charge is -2.33. The number of alkyl halides is 4. The summed E-state index contributed by atoms with van der Waals surface area (Å²) >= 11 is -0.325. The molecule has 196 valence electrons. The number of halogens is 4. The quantitative estimate of drug-likeness (QED) is 0.315. The van der Waals surface area contributed by atoms with E-state index >= 15 is 0 Å². The smallest absolute Gasteiger partial charge is 0.381 e. The van der Waals surface area contributed by atoms with E-state index in [1.807, 2.05) is 11.9 Å². The maximum atomic E-state index is 14.6. The standard InChI is InChI=1S/C22H26F4N6O3S/c1-21(2,34)20(33)27-10-17-29-18(30-35-17)12-9-16-15(28-14-6-8-31(3)11-13(14)23)5-4-7-32(16)19(12)36-22(24,25)26/h4-5,7,9,13-14,28,34H,6,8,10-11H2,1-3H3,(H,27,33)/t13-,14+/m0/s1. The molecule has 0 bridgehead atoms. The van der Waals surface area contributed by atoms with E-state index in [2.05, 4.69) is 20.8 Å². The third-order valence-corrected chi connectivity index (χ3v) is 6.57. The molecule has 4 heterocycles. The summed E-state index contributed by atoms with van der Waals surface area (Å²) < 4.78 is 61.5. The van der Waals surface area contributed by atoms with Crippen LogP contribution in [-0.2, 0) is 11.3 Å². The van der Waals surface area contributed by atoms with Crippen LogP contribution in [0.3, 0.4) is 0 Å². The number of hydrogen-bond acceptors (Lipinski definition) is 8. The molecular formula is C22H26F4N6O3S. The summed E-state index contributed by atoms with van der Waals surface area (Å²) in [6.45, 7) is 3.34. The molecular weight excluding hydrogens is 504 g/mol. The first-order chi connectivity index (χ1) is 16.8. The molecule has 3 aromatic heterocycles. The fourth-order valence-electron chi connectivity index (χ4n) is 3.90. The van der Waals surface area contributed by atoms with E-state index in [1.54, 1.807) is 12.1 Å². The van der Waals surface area contributed by atoms with Crippen LogP contribution in [-0.4, -0.2) is 73.9 Å². The summed E-state index contributed by atoms with van der Waals surface area (Å²) in [5, 5.41) is 18.9. The van der Waals surface area contributed by atoms with Crippen LogP contribution >= 0.6 is 11.8 Å². The minimum atomic E-state index is -4.60. The maximum Gasteiger partial charge on any atom is 0.447 e. The van der Waals surface area contributed by atoms with Gasteiger partial charge < -0.3 is 29.6 Å². The summed E-state index contributed by atoms with van der Waals surface area (Å²) in [5.74, 6) is -0.835. The van der Waals surface area contributed by atoms with Crippen LogP contribution in [0.5, 0.6) is 0 Å². The highest BCUT2D eigenvalue weighted by Gasteiger charge is 2.34. The van der Waals surface area contributed by atoms with Gasteiger partial charge in [-0.05, 0) is 45.5 Å². The number of aromatic nitrogens is 3. The summed E-state index contributed by atoms with van der Waals surface area (Å²) in [7, 11) is 1.83. The number of carbonyl (C=O) groups is 1. The molecule has 9 nitrogen and oxygen atoms in total. The maximum absolute atomic E-state index is 14.6. The first-order valence-corrected chi connectivity index (χ1v) is 12.0. The van der Waals surface area contributed by atoms with Crippen LogP contribution in [0.15, 0.2) is 33.9 Å². The first-order valence-electron chi connectivity index (χ1n) is 11.1. The van der Waals surface area contributed by atoms with Crippen LogP contribution in [0.25, 0.3) is 16.9 Å². The Morgan fingerprint density at radius 2 is 2.11 bits per heavy atom. The molecule has 0 aliphatic carbocycles. The van der Waals surface area contributed by atoms with E-state index in [1.165, 1.54) is 30.5 Å². The van der Waals surface area contributed by atoms with Gasteiger partial charge in [-0.3, -0.25) is 4.79 Å². The molecule has 14 heteroatoms. The highest BCUT2D eigenvalue weighted by atomic mass is 32.2. The van der Waals surface area contributed by atoms with Crippen molar-refractivity contribution in [2.75, 3.05) is 25.5 Å². The van der Waals surface area contributed by atoms with Crippen molar-refractivity contribution in [3.8, 4) is 11.4 Å². The van der Waals surface area contributed by atoms with Crippen molar-refractivity contribution in [3.63, 3.8) is 0 Å². The van der Waals surface area contributed by atoms with Crippen molar-refractivity contribution >= 4 is 28.9 Å². The van der Waals surface area contributed by atoms with Crippen molar-refractivity contribution in [3.05, 3.63) is 30.3 Å². The SMILES string of the molecule is CN1CC[C@@H](Nc2cccn3c(SC(F)(F)F)c(-c4noc(CNC(=O)C(C)(C)O)n4)cc23)[C@@H](F)C1. The Morgan fingerprint density at radius 1 is 1.36 bits per heavy atom. The third kappa shape index (κ3) is 5.93. The molecule has 1 saturated heterocycles. The Balaban J connectivity index is 1.67. The molecule has 0 unspecified atom stereocenters. The molecule has 3 aromatic rings. The van der Waals surface area contributed by atoms with Gasteiger partial charge in [-0.25, -0.2) is 4.39 Å². The van der Waals surface area contributed by atoms with Crippen molar-refractivity contribution in [2.24, 2.45) is 0 Å². The Hall–Kier alpha value is -2.84. The van der Waals surface area contributed by atoms with E-state index in [-0.39, 0.29) is 47.2 Å². The van der Waals surface area contributed by atoms with Gasteiger partial charge in [-0.1, -0.05) is 5.16 Å². The second-order valence-electron chi connectivity index (χ2n) is 9.16. The van der Waals surface area contributed by atoms with Gasteiger partial charge in [0.05, 0.1) is 34.4 Å². The number of piperidine rings is 1.